The molecule has 0 fully saturated rings. The number of hydrogen-bond acceptors (Lipinski definition) is 7. The van der Waals surface area contributed by atoms with Crippen LogP contribution in [0.3, 0.4) is 0 Å². The van der Waals surface area contributed by atoms with Crippen LogP contribution in [0.5, 0.6) is 0 Å². The van der Waals surface area contributed by atoms with Gasteiger partial charge in [-0.2, -0.15) is 0 Å². The number of benzene rings is 1. The van der Waals surface area contributed by atoms with Crippen molar-refractivity contribution in [1.29, 1.82) is 5.41 Å². The quantitative estimate of drug-likeness (QED) is 0.256. The van der Waals surface area contributed by atoms with Crippen molar-refractivity contribution in [1.82, 2.24) is 10.3 Å². The SMILES string of the molecule is N=C/C(=C\NCc1ccc2c(c1)CCC2)Cc1cc(N)nc(NN)c1N. The highest BCUT2D eigenvalue weighted by atomic mass is 15.3. The maximum atomic E-state index is 7.65. The molecule has 136 valence electrons. The van der Waals surface area contributed by atoms with Crippen molar-refractivity contribution in [2.45, 2.75) is 32.2 Å². The Kier molecular flexibility index (Phi) is 5.38. The number of fused-ring (bicyclic) bond motifs is 1. The highest BCUT2D eigenvalue weighted by molar-refractivity contribution is 5.78. The molecule has 0 amide bonds. The van der Waals surface area contributed by atoms with Crippen molar-refractivity contribution in [3.63, 3.8) is 0 Å². The van der Waals surface area contributed by atoms with Crippen LogP contribution in [0.25, 0.3) is 0 Å². The molecule has 7 heteroatoms. The lowest BCUT2D eigenvalue weighted by Gasteiger charge is -2.12. The van der Waals surface area contributed by atoms with Crippen LogP contribution < -0.4 is 28.1 Å². The fourth-order valence-corrected chi connectivity index (χ4v) is 3.28. The van der Waals surface area contributed by atoms with Crippen molar-refractivity contribution in [2.24, 2.45) is 5.84 Å². The van der Waals surface area contributed by atoms with E-state index in [2.05, 4.69) is 33.9 Å². The summed E-state index contributed by atoms with van der Waals surface area (Å²) in [6, 6.07) is 8.36. The first-order valence-electron chi connectivity index (χ1n) is 8.65. The lowest BCUT2D eigenvalue weighted by molar-refractivity contribution is 0.858. The van der Waals surface area contributed by atoms with Gasteiger partial charge in [-0.1, -0.05) is 18.2 Å². The summed E-state index contributed by atoms with van der Waals surface area (Å²) < 4.78 is 0. The normalized spacial score (nSPS) is 13.3. The van der Waals surface area contributed by atoms with Crippen LogP contribution in [-0.2, 0) is 25.8 Å². The maximum Gasteiger partial charge on any atom is 0.165 e. The van der Waals surface area contributed by atoms with Gasteiger partial charge in [0.05, 0.1) is 5.69 Å². The Bertz CT molecular complexity index is 842. The van der Waals surface area contributed by atoms with Gasteiger partial charge in [0.2, 0.25) is 0 Å². The molecule has 9 N–H and O–H groups in total. The number of nitrogens with one attached hydrogen (secondary N) is 3. The zero-order chi connectivity index (χ0) is 18.5. The lowest BCUT2D eigenvalue weighted by Crippen LogP contribution is -2.14. The van der Waals surface area contributed by atoms with Crippen LogP contribution in [0, 0.1) is 5.41 Å². The van der Waals surface area contributed by atoms with E-state index in [1.807, 2.05) is 6.20 Å². The summed E-state index contributed by atoms with van der Waals surface area (Å²) >= 11 is 0. The fourth-order valence-electron chi connectivity index (χ4n) is 3.28. The van der Waals surface area contributed by atoms with Gasteiger partial charge >= 0.3 is 0 Å². The van der Waals surface area contributed by atoms with Gasteiger partial charge in [-0.25, -0.2) is 10.8 Å². The van der Waals surface area contributed by atoms with E-state index < -0.39 is 0 Å². The third-order valence-corrected chi connectivity index (χ3v) is 4.64. The molecule has 0 saturated heterocycles. The van der Waals surface area contributed by atoms with Gasteiger partial charge < -0.3 is 27.6 Å². The Morgan fingerprint density at radius 1 is 1.19 bits per heavy atom. The summed E-state index contributed by atoms with van der Waals surface area (Å²) in [7, 11) is 0. The Morgan fingerprint density at radius 2 is 2.00 bits per heavy atom. The van der Waals surface area contributed by atoms with Gasteiger partial charge in [0.1, 0.15) is 5.82 Å². The molecule has 1 aromatic carbocycles. The molecule has 0 spiro atoms. The Morgan fingerprint density at radius 3 is 2.77 bits per heavy atom. The molecular weight excluding hydrogens is 326 g/mol. The minimum atomic E-state index is 0.331. The molecule has 0 bridgehead atoms. The Labute approximate surface area is 153 Å². The van der Waals surface area contributed by atoms with Gasteiger partial charge in [0.15, 0.2) is 5.82 Å². The number of nitrogen functional groups attached to an aromatic ring is 3. The van der Waals surface area contributed by atoms with E-state index in [0.29, 0.717) is 30.3 Å². The van der Waals surface area contributed by atoms with Crippen molar-refractivity contribution in [3.05, 3.63) is 58.3 Å². The maximum absolute atomic E-state index is 7.65. The summed E-state index contributed by atoms with van der Waals surface area (Å²) in [6.07, 6.45) is 7.23. The highest BCUT2D eigenvalue weighted by Crippen LogP contribution is 2.25. The highest BCUT2D eigenvalue weighted by Gasteiger charge is 2.11. The first kappa shape index (κ1) is 17.8. The van der Waals surface area contributed by atoms with Crippen LogP contribution in [0.15, 0.2) is 36.0 Å². The zero-order valence-electron chi connectivity index (χ0n) is 14.7. The predicted molar refractivity (Wildman–Crippen MR) is 107 cm³/mol. The van der Waals surface area contributed by atoms with Crippen LogP contribution in [0.2, 0.25) is 0 Å². The minimum absolute atomic E-state index is 0.331. The number of nitrogens with zero attached hydrogens (tertiary/aromatic N) is 1. The topological polar surface area (TPSA) is 139 Å². The van der Waals surface area contributed by atoms with Crippen molar-refractivity contribution >= 4 is 23.5 Å². The number of pyridine rings is 1. The largest absolute Gasteiger partial charge is 0.395 e. The molecule has 1 aliphatic rings. The predicted octanol–water partition coefficient (Wildman–Crippen LogP) is 1.89. The number of aryl methyl sites for hydroxylation is 2. The number of rotatable bonds is 7. The van der Waals surface area contributed by atoms with Gasteiger partial charge in [-0.05, 0) is 53.2 Å². The minimum Gasteiger partial charge on any atom is -0.395 e. The summed E-state index contributed by atoms with van der Waals surface area (Å²) in [4.78, 5) is 4.04. The molecule has 0 aliphatic heterocycles. The molecule has 3 rings (SSSR count). The summed E-state index contributed by atoms with van der Waals surface area (Å²) in [6.45, 7) is 0.716. The molecule has 0 saturated carbocycles. The number of anilines is 3. The summed E-state index contributed by atoms with van der Waals surface area (Å²) in [5.74, 6) is 6.09. The van der Waals surface area contributed by atoms with E-state index in [-0.39, 0.29) is 0 Å². The van der Waals surface area contributed by atoms with E-state index in [9.17, 15) is 0 Å². The number of nitrogens with two attached hydrogens (primary N) is 3. The van der Waals surface area contributed by atoms with E-state index >= 15 is 0 Å². The Balaban J connectivity index is 1.67. The molecular formula is C19H25N7. The lowest BCUT2D eigenvalue weighted by atomic mass is 10.1. The van der Waals surface area contributed by atoms with Crippen LogP contribution in [0.4, 0.5) is 17.3 Å². The molecule has 0 atom stereocenters. The van der Waals surface area contributed by atoms with Gasteiger partial charge in [-0.3, -0.25) is 0 Å². The molecule has 7 nitrogen and oxygen atoms in total. The molecule has 1 aliphatic carbocycles. The van der Waals surface area contributed by atoms with E-state index in [1.165, 1.54) is 42.2 Å². The fraction of sp³-hybridized carbons (Fsp3) is 0.263. The smallest absolute Gasteiger partial charge is 0.165 e. The third-order valence-electron chi connectivity index (χ3n) is 4.64. The second-order valence-electron chi connectivity index (χ2n) is 6.49. The summed E-state index contributed by atoms with van der Waals surface area (Å²) in [5.41, 5.74) is 20.5. The van der Waals surface area contributed by atoms with Crippen LogP contribution >= 0.6 is 0 Å². The van der Waals surface area contributed by atoms with Crippen molar-refractivity contribution < 1.29 is 0 Å². The van der Waals surface area contributed by atoms with E-state index in [4.69, 9.17) is 22.7 Å². The van der Waals surface area contributed by atoms with Gasteiger partial charge in [0.25, 0.3) is 0 Å². The van der Waals surface area contributed by atoms with Crippen LogP contribution in [0.1, 0.15) is 28.7 Å². The first-order valence-corrected chi connectivity index (χ1v) is 8.65. The van der Waals surface area contributed by atoms with Crippen molar-refractivity contribution in [3.8, 4) is 0 Å². The van der Waals surface area contributed by atoms with Gasteiger partial charge in [0, 0.05) is 25.4 Å². The monoisotopic (exact) mass is 351 g/mol. The van der Waals surface area contributed by atoms with Gasteiger partial charge in [-0.15, -0.1) is 0 Å². The van der Waals surface area contributed by atoms with E-state index in [0.717, 1.165) is 11.1 Å². The first-order chi connectivity index (χ1) is 12.6. The molecule has 0 unspecified atom stereocenters. The molecule has 0 radical (unpaired) electrons. The molecule has 1 heterocycles. The molecule has 1 aromatic heterocycles. The number of aromatic nitrogens is 1. The standard InChI is InChI=1S/C19H25N7/c20-9-13(7-16-8-17(21)25-19(26-23)18(16)22)11-24-10-12-4-5-14-2-1-3-15(14)6-12/h4-6,8-9,11,20,24H,1-3,7,10,22-23H2,(H3,21,25,26)/b13-11-,20-9?. The van der Waals surface area contributed by atoms with Crippen molar-refractivity contribution in [2.75, 3.05) is 16.9 Å². The van der Waals surface area contributed by atoms with Crippen LogP contribution in [-0.4, -0.2) is 11.2 Å². The average molecular weight is 351 g/mol. The average Bonchev–Trinajstić information content (AvgIpc) is 3.11. The number of hydrogen-bond donors (Lipinski definition) is 6. The molecule has 26 heavy (non-hydrogen) atoms. The second-order valence-corrected chi connectivity index (χ2v) is 6.49. The number of allylic oxidation sites excluding steroid dienone is 1. The molecule has 2 aromatic rings. The zero-order valence-corrected chi connectivity index (χ0v) is 14.7. The third kappa shape index (κ3) is 3.94. The van der Waals surface area contributed by atoms with E-state index in [1.54, 1.807) is 6.07 Å². The summed E-state index contributed by atoms with van der Waals surface area (Å²) in [5, 5.41) is 10.9. The number of hydrazine groups is 1. The second kappa shape index (κ2) is 7.88. The Hall–Kier alpha value is -3.06.